The van der Waals surface area contributed by atoms with Gasteiger partial charge in [-0.1, -0.05) is 0 Å². The summed E-state index contributed by atoms with van der Waals surface area (Å²) in [6.45, 7) is 5.77. The van der Waals surface area contributed by atoms with E-state index in [9.17, 15) is 14.4 Å². The van der Waals surface area contributed by atoms with E-state index in [0.29, 0.717) is 13.0 Å². The summed E-state index contributed by atoms with van der Waals surface area (Å²) in [5, 5.41) is 13.9. The SMILES string of the molecule is CCNC(=O)CN(C)C(=O)NC(C)(C)CCC(=O)O. The molecule has 0 fully saturated rings. The Balaban J connectivity index is 4.26. The largest absolute Gasteiger partial charge is 0.481 e. The van der Waals surface area contributed by atoms with Crippen LogP contribution in [0.25, 0.3) is 0 Å². The third kappa shape index (κ3) is 8.01. The first-order chi connectivity index (χ1) is 8.68. The molecule has 7 heteroatoms. The summed E-state index contributed by atoms with van der Waals surface area (Å²) in [4.78, 5) is 34.9. The number of hydrogen-bond donors (Lipinski definition) is 3. The molecule has 0 aromatic rings. The Morgan fingerprint density at radius 2 is 1.84 bits per heavy atom. The van der Waals surface area contributed by atoms with Crippen LogP contribution in [0.5, 0.6) is 0 Å². The summed E-state index contributed by atoms with van der Waals surface area (Å²) >= 11 is 0. The van der Waals surface area contributed by atoms with Crippen LogP contribution >= 0.6 is 0 Å². The molecule has 0 atom stereocenters. The third-order valence-electron chi connectivity index (χ3n) is 2.51. The first-order valence-corrected chi connectivity index (χ1v) is 6.19. The van der Waals surface area contributed by atoms with Gasteiger partial charge in [-0.15, -0.1) is 0 Å². The number of hydrogen-bond acceptors (Lipinski definition) is 3. The Labute approximate surface area is 113 Å². The maximum absolute atomic E-state index is 11.8. The lowest BCUT2D eigenvalue weighted by Gasteiger charge is -2.28. The molecule has 0 saturated carbocycles. The van der Waals surface area contributed by atoms with Crippen molar-refractivity contribution < 1.29 is 19.5 Å². The molecule has 0 aliphatic carbocycles. The van der Waals surface area contributed by atoms with E-state index in [4.69, 9.17) is 5.11 Å². The summed E-state index contributed by atoms with van der Waals surface area (Å²) in [5.74, 6) is -1.14. The molecule has 0 bridgehead atoms. The summed E-state index contributed by atoms with van der Waals surface area (Å²) in [5.41, 5.74) is -0.634. The van der Waals surface area contributed by atoms with Gasteiger partial charge in [-0.3, -0.25) is 9.59 Å². The van der Waals surface area contributed by atoms with Gasteiger partial charge < -0.3 is 20.6 Å². The van der Waals surface area contributed by atoms with Gasteiger partial charge in [-0.2, -0.15) is 0 Å². The smallest absolute Gasteiger partial charge is 0.318 e. The minimum atomic E-state index is -0.905. The first kappa shape index (κ1) is 17.2. The zero-order chi connectivity index (χ0) is 15.1. The van der Waals surface area contributed by atoms with Crippen molar-refractivity contribution in [3.8, 4) is 0 Å². The van der Waals surface area contributed by atoms with Gasteiger partial charge in [0.2, 0.25) is 5.91 Å². The fourth-order valence-corrected chi connectivity index (χ4v) is 1.41. The number of carbonyl (C=O) groups is 3. The predicted molar refractivity (Wildman–Crippen MR) is 70.8 cm³/mol. The van der Waals surface area contributed by atoms with Crippen molar-refractivity contribution in [2.24, 2.45) is 0 Å². The zero-order valence-corrected chi connectivity index (χ0v) is 11.9. The van der Waals surface area contributed by atoms with E-state index in [1.165, 1.54) is 11.9 Å². The van der Waals surface area contributed by atoms with Crippen molar-refractivity contribution in [3.63, 3.8) is 0 Å². The van der Waals surface area contributed by atoms with Gasteiger partial charge in [0.05, 0.1) is 0 Å². The Morgan fingerprint density at radius 1 is 1.26 bits per heavy atom. The van der Waals surface area contributed by atoms with Gasteiger partial charge in [-0.05, 0) is 27.2 Å². The maximum Gasteiger partial charge on any atom is 0.318 e. The first-order valence-electron chi connectivity index (χ1n) is 6.19. The van der Waals surface area contributed by atoms with E-state index < -0.39 is 17.5 Å². The minimum Gasteiger partial charge on any atom is -0.481 e. The molecule has 7 nitrogen and oxygen atoms in total. The standard InChI is InChI=1S/C12H23N3O4/c1-5-13-9(16)8-15(4)11(19)14-12(2,3)7-6-10(17)18/h5-8H2,1-4H3,(H,13,16)(H,14,19)(H,17,18). The number of rotatable bonds is 7. The number of aliphatic carboxylic acids is 1. The van der Waals surface area contributed by atoms with E-state index in [0.717, 1.165) is 0 Å². The molecule has 0 heterocycles. The van der Waals surface area contributed by atoms with Gasteiger partial charge in [0.15, 0.2) is 0 Å². The second kappa shape index (κ2) is 7.60. The highest BCUT2D eigenvalue weighted by molar-refractivity contribution is 5.84. The van der Waals surface area contributed by atoms with Crippen LogP contribution in [0, 0.1) is 0 Å². The fourth-order valence-electron chi connectivity index (χ4n) is 1.41. The molecular formula is C12H23N3O4. The quantitative estimate of drug-likeness (QED) is 0.625. The summed E-state index contributed by atoms with van der Waals surface area (Å²) in [6.07, 6.45) is 0.302. The molecule has 0 spiro atoms. The lowest BCUT2D eigenvalue weighted by molar-refractivity contribution is -0.137. The molecule has 0 unspecified atom stereocenters. The van der Waals surface area contributed by atoms with Crippen LogP contribution < -0.4 is 10.6 Å². The Kier molecular flexibility index (Phi) is 6.89. The van der Waals surface area contributed by atoms with Crippen molar-refractivity contribution in [1.29, 1.82) is 0 Å². The van der Waals surface area contributed by atoms with Crippen molar-refractivity contribution in [2.75, 3.05) is 20.1 Å². The van der Waals surface area contributed by atoms with Crippen molar-refractivity contribution in [2.45, 2.75) is 39.2 Å². The molecule has 3 N–H and O–H groups in total. The van der Waals surface area contributed by atoms with Gasteiger partial charge in [-0.25, -0.2) is 4.79 Å². The molecule has 3 amide bonds. The Bertz CT molecular complexity index is 342. The number of carboxylic acid groups (broad SMARTS) is 1. The molecule has 19 heavy (non-hydrogen) atoms. The molecule has 0 aromatic carbocycles. The average molecular weight is 273 g/mol. The van der Waals surface area contributed by atoms with Crippen LogP contribution in [-0.2, 0) is 9.59 Å². The van der Waals surface area contributed by atoms with Crippen LogP contribution in [0.3, 0.4) is 0 Å². The topological polar surface area (TPSA) is 98.7 Å². The second-order valence-electron chi connectivity index (χ2n) is 5.02. The summed E-state index contributed by atoms with van der Waals surface area (Å²) in [6, 6.07) is -0.401. The minimum absolute atomic E-state index is 0.0205. The number of urea groups is 1. The van der Waals surface area contributed by atoms with Crippen LogP contribution in [0.2, 0.25) is 0 Å². The lowest BCUT2D eigenvalue weighted by Crippen LogP contribution is -2.51. The van der Waals surface area contributed by atoms with E-state index in [2.05, 4.69) is 10.6 Å². The molecule has 0 saturated heterocycles. The second-order valence-corrected chi connectivity index (χ2v) is 5.02. The monoisotopic (exact) mass is 273 g/mol. The summed E-state index contributed by atoms with van der Waals surface area (Å²) < 4.78 is 0. The van der Waals surface area contributed by atoms with Crippen LogP contribution in [0.1, 0.15) is 33.6 Å². The van der Waals surface area contributed by atoms with Crippen LogP contribution in [0.15, 0.2) is 0 Å². The molecule has 0 aliphatic heterocycles. The van der Waals surface area contributed by atoms with Gasteiger partial charge in [0.1, 0.15) is 6.54 Å². The molecule has 110 valence electrons. The Morgan fingerprint density at radius 3 is 2.32 bits per heavy atom. The number of amides is 3. The van der Waals surface area contributed by atoms with Crippen LogP contribution in [-0.4, -0.2) is 53.6 Å². The van der Waals surface area contributed by atoms with Crippen molar-refractivity contribution in [3.05, 3.63) is 0 Å². The number of carbonyl (C=O) groups excluding carboxylic acids is 2. The molecule has 0 aromatic heterocycles. The highest BCUT2D eigenvalue weighted by atomic mass is 16.4. The zero-order valence-electron chi connectivity index (χ0n) is 11.9. The van der Waals surface area contributed by atoms with Crippen molar-refractivity contribution in [1.82, 2.24) is 15.5 Å². The van der Waals surface area contributed by atoms with E-state index >= 15 is 0 Å². The van der Waals surface area contributed by atoms with Crippen molar-refractivity contribution >= 4 is 17.9 Å². The van der Waals surface area contributed by atoms with Gasteiger partial charge in [0, 0.05) is 25.6 Å². The number of nitrogens with zero attached hydrogens (tertiary/aromatic N) is 1. The molecule has 0 radical (unpaired) electrons. The fraction of sp³-hybridized carbons (Fsp3) is 0.750. The van der Waals surface area contributed by atoms with E-state index in [1.54, 1.807) is 20.8 Å². The highest BCUT2D eigenvalue weighted by Crippen LogP contribution is 2.11. The predicted octanol–water partition coefficient (Wildman–Crippen LogP) is 0.407. The average Bonchev–Trinajstić information content (AvgIpc) is 2.26. The molecule has 0 aliphatic rings. The van der Waals surface area contributed by atoms with E-state index in [-0.39, 0.29) is 18.9 Å². The van der Waals surface area contributed by atoms with Gasteiger partial charge in [0.25, 0.3) is 0 Å². The number of nitrogens with one attached hydrogen (secondary N) is 2. The highest BCUT2D eigenvalue weighted by Gasteiger charge is 2.23. The third-order valence-corrected chi connectivity index (χ3v) is 2.51. The van der Waals surface area contributed by atoms with E-state index in [1.807, 2.05) is 0 Å². The normalized spacial score (nSPS) is 10.7. The number of carboxylic acids is 1. The van der Waals surface area contributed by atoms with Crippen LogP contribution in [0.4, 0.5) is 4.79 Å². The Hall–Kier alpha value is -1.79. The molecular weight excluding hydrogens is 250 g/mol. The number of likely N-dealkylation sites (N-methyl/N-ethyl adjacent to an activating group) is 2. The lowest BCUT2D eigenvalue weighted by atomic mass is 9.99. The maximum atomic E-state index is 11.8. The summed E-state index contributed by atoms with van der Waals surface area (Å²) in [7, 11) is 1.51. The van der Waals surface area contributed by atoms with Gasteiger partial charge >= 0.3 is 12.0 Å². The molecule has 0 rings (SSSR count).